The van der Waals surface area contributed by atoms with Crippen LogP contribution in [0.2, 0.25) is 0 Å². The summed E-state index contributed by atoms with van der Waals surface area (Å²) in [7, 11) is 1.47. The van der Waals surface area contributed by atoms with Gasteiger partial charge >= 0.3 is 0 Å². The van der Waals surface area contributed by atoms with Crippen LogP contribution in [0.5, 0.6) is 0 Å². The molecule has 0 fully saturated rings. The monoisotopic (exact) mass is 291 g/mol. The minimum Gasteiger partial charge on any atom is -0.355 e. The van der Waals surface area contributed by atoms with Gasteiger partial charge in [0.25, 0.3) is 11.8 Å². The van der Waals surface area contributed by atoms with E-state index in [0.717, 1.165) is 12.3 Å². The lowest BCUT2D eigenvalue weighted by atomic mass is 10.1. The van der Waals surface area contributed by atoms with E-state index in [1.807, 2.05) is 0 Å². The maximum atomic E-state index is 13.5. The second-order valence-corrected chi connectivity index (χ2v) is 4.08. The third-order valence-corrected chi connectivity index (χ3v) is 2.70. The number of anilines is 1. The van der Waals surface area contributed by atoms with Crippen LogP contribution >= 0.6 is 0 Å². The van der Waals surface area contributed by atoms with E-state index in [2.05, 4.69) is 15.6 Å². The number of nitrogens with one attached hydrogen (secondary N) is 2. The number of carbonyl (C=O) groups excluding carboxylic acids is 2. The molecule has 0 bridgehead atoms. The lowest BCUT2D eigenvalue weighted by Crippen LogP contribution is -2.19. The van der Waals surface area contributed by atoms with Crippen LogP contribution in [-0.4, -0.2) is 23.8 Å². The van der Waals surface area contributed by atoms with E-state index >= 15 is 0 Å². The Balaban J connectivity index is 2.24. The first-order chi connectivity index (χ1) is 10.0. The molecule has 7 heteroatoms. The molecule has 0 atom stereocenters. The van der Waals surface area contributed by atoms with Gasteiger partial charge in [-0.05, 0) is 24.3 Å². The molecule has 2 aromatic rings. The molecule has 0 aliphatic carbocycles. The second kappa shape index (κ2) is 6.08. The van der Waals surface area contributed by atoms with Crippen LogP contribution in [0, 0.1) is 11.8 Å². The average Bonchev–Trinajstić information content (AvgIpc) is 2.49. The van der Waals surface area contributed by atoms with Crippen LogP contribution in [0.15, 0.2) is 36.5 Å². The zero-order valence-corrected chi connectivity index (χ0v) is 11.0. The van der Waals surface area contributed by atoms with Gasteiger partial charge in [-0.2, -0.15) is 4.39 Å². The molecule has 0 aliphatic rings. The predicted octanol–water partition coefficient (Wildman–Crippen LogP) is 1.97. The summed E-state index contributed by atoms with van der Waals surface area (Å²) in [6.07, 6.45) is 0.994. The Kier molecular flexibility index (Phi) is 4.22. The Bertz CT molecular complexity index is 704. The van der Waals surface area contributed by atoms with Gasteiger partial charge in [0.05, 0.1) is 5.56 Å². The number of hydrogen-bond donors (Lipinski definition) is 2. The Hall–Kier alpha value is -2.83. The first-order valence-corrected chi connectivity index (χ1v) is 5.96. The molecule has 21 heavy (non-hydrogen) atoms. The van der Waals surface area contributed by atoms with E-state index in [1.54, 1.807) is 12.1 Å². The number of hydrogen-bond acceptors (Lipinski definition) is 3. The fourth-order valence-electron chi connectivity index (χ4n) is 1.67. The smallest absolute Gasteiger partial charge is 0.258 e. The van der Waals surface area contributed by atoms with Crippen LogP contribution in [-0.2, 0) is 0 Å². The van der Waals surface area contributed by atoms with Crippen molar-refractivity contribution in [2.45, 2.75) is 0 Å². The standard InChI is InChI=1S/C14H11F2N3O2/c1-17-13(20)8-3-2-4-9(7-8)19-14(21)10-5-6-18-12(16)11(10)15/h2-7H,1H3,(H,17,20)(H,19,21). The maximum absolute atomic E-state index is 13.5. The minimum absolute atomic E-state index is 0.290. The molecular formula is C14H11F2N3O2. The molecular weight excluding hydrogens is 280 g/mol. The molecule has 0 saturated carbocycles. The van der Waals surface area contributed by atoms with Gasteiger partial charge in [-0.1, -0.05) is 6.07 Å². The predicted molar refractivity (Wildman–Crippen MR) is 71.9 cm³/mol. The summed E-state index contributed by atoms with van der Waals surface area (Å²) >= 11 is 0. The van der Waals surface area contributed by atoms with Crippen LogP contribution in [0.25, 0.3) is 0 Å². The molecule has 0 unspecified atom stereocenters. The summed E-state index contributed by atoms with van der Waals surface area (Å²) in [4.78, 5) is 26.5. The minimum atomic E-state index is -1.35. The van der Waals surface area contributed by atoms with Crippen LogP contribution < -0.4 is 10.6 Å². The van der Waals surface area contributed by atoms with E-state index < -0.39 is 23.2 Å². The van der Waals surface area contributed by atoms with E-state index in [0.29, 0.717) is 5.56 Å². The highest BCUT2D eigenvalue weighted by molar-refractivity contribution is 6.05. The Morgan fingerprint density at radius 2 is 1.90 bits per heavy atom. The molecule has 1 aromatic heterocycles. The van der Waals surface area contributed by atoms with Crippen molar-refractivity contribution in [3.8, 4) is 0 Å². The number of carbonyl (C=O) groups is 2. The van der Waals surface area contributed by atoms with Crippen molar-refractivity contribution in [3.05, 3.63) is 59.4 Å². The number of amides is 2. The first-order valence-electron chi connectivity index (χ1n) is 5.96. The summed E-state index contributed by atoms with van der Waals surface area (Å²) in [5, 5.41) is 4.83. The van der Waals surface area contributed by atoms with Crippen molar-refractivity contribution in [1.82, 2.24) is 10.3 Å². The lowest BCUT2D eigenvalue weighted by molar-refractivity contribution is 0.0961. The normalized spacial score (nSPS) is 10.0. The zero-order chi connectivity index (χ0) is 15.4. The number of aromatic nitrogens is 1. The summed E-state index contributed by atoms with van der Waals surface area (Å²) in [6.45, 7) is 0. The first kappa shape index (κ1) is 14.6. The lowest BCUT2D eigenvalue weighted by Gasteiger charge is -2.07. The third-order valence-electron chi connectivity index (χ3n) is 2.70. The van der Waals surface area contributed by atoms with Crippen molar-refractivity contribution in [3.63, 3.8) is 0 Å². The molecule has 2 amide bonds. The van der Waals surface area contributed by atoms with E-state index in [9.17, 15) is 18.4 Å². The third kappa shape index (κ3) is 3.19. The van der Waals surface area contributed by atoms with Gasteiger partial charge in [-0.25, -0.2) is 9.37 Å². The average molecular weight is 291 g/mol. The molecule has 0 aliphatic heterocycles. The molecule has 2 rings (SSSR count). The second-order valence-electron chi connectivity index (χ2n) is 4.08. The van der Waals surface area contributed by atoms with Crippen molar-refractivity contribution in [2.75, 3.05) is 12.4 Å². The van der Waals surface area contributed by atoms with Crippen LogP contribution in [0.4, 0.5) is 14.5 Å². The maximum Gasteiger partial charge on any atom is 0.258 e. The van der Waals surface area contributed by atoms with Gasteiger partial charge in [0, 0.05) is 24.5 Å². The number of rotatable bonds is 3. The van der Waals surface area contributed by atoms with Gasteiger partial charge in [0.15, 0.2) is 5.82 Å². The number of halogens is 2. The van der Waals surface area contributed by atoms with Gasteiger partial charge in [0.1, 0.15) is 0 Å². The van der Waals surface area contributed by atoms with E-state index in [4.69, 9.17) is 0 Å². The molecule has 2 N–H and O–H groups in total. The van der Waals surface area contributed by atoms with E-state index in [-0.39, 0.29) is 11.6 Å². The van der Waals surface area contributed by atoms with Crippen molar-refractivity contribution in [2.24, 2.45) is 0 Å². The Labute approximate surface area is 119 Å². The van der Waals surface area contributed by atoms with Crippen molar-refractivity contribution >= 4 is 17.5 Å². The fraction of sp³-hybridized carbons (Fsp3) is 0.0714. The molecule has 1 heterocycles. The Morgan fingerprint density at radius 1 is 1.14 bits per heavy atom. The van der Waals surface area contributed by atoms with Gasteiger partial charge in [-0.15, -0.1) is 0 Å². The highest BCUT2D eigenvalue weighted by Gasteiger charge is 2.16. The highest BCUT2D eigenvalue weighted by Crippen LogP contribution is 2.14. The number of benzene rings is 1. The zero-order valence-electron chi connectivity index (χ0n) is 11.0. The Morgan fingerprint density at radius 3 is 2.62 bits per heavy atom. The molecule has 1 aromatic carbocycles. The highest BCUT2D eigenvalue weighted by atomic mass is 19.2. The fourth-order valence-corrected chi connectivity index (χ4v) is 1.67. The number of pyridine rings is 1. The molecule has 0 saturated heterocycles. The summed E-state index contributed by atoms with van der Waals surface area (Å²) in [5.74, 6) is -3.82. The van der Waals surface area contributed by atoms with Gasteiger partial charge < -0.3 is 10.6 Å². The summed E-state index contributed by atoms with van der Waals surface area (Å²) in [5.41, 5.74) is 0.155. The molecule has 108 valence electrons. The SMILES string of the molecule is CNC(=O)c1cccc(NC(=O)c2ccnc(F)c2F)c1. The van der Waals surface area contributed by atoms with Gasteiger partial charge in [-0.3, -0.25) is 9.59 Å². The largest absolute Gasteiger partial charge is 0.355 e. The number of nitrogens with zero attached hydrogens (tertiary/aromatic N) is 1. The van der Waals surface area contributed by atoms with Crippen molar-refractivity contribution < 1.29 is 18.4 Å². The van der Waals surface area contributed by atoms with E-state index in [1.165, 1.54) is 19.2 Å². The van der Waals surface area contributed by atoms with Gasteiger partial charge in [0.2, 0.25) is 5.95 Å². The van der Waals surface area contributed by atoms with Crippen LogP contribution in [0.3, 0.4) is 0 Å². The summed E-state index contributed by atoms with van der Waals surface area (Å²) in [6, 6.07) is 7.13. The summed E-state index contributed by atoms with van der Waals surface area (Å²) < 4.78 is 26.4. The van der Waals surface area contributed by atoms with Crippen LogP contribution in [0.1, 0.15) is 20.7 Å². The molecule has 0 spiro atoms. The molecule has 5 nitrogen and oxygen atoms in total. The molecule has 0 radical (unpaired) electrons. The van der Waals surface area contributed by atoms with Crippen molar-refractivity contribution in [1.29, 1.82) is 0 Å². The topological polar surface area (TPSA) is 71.1 Å². The quantitative estimate of drug-likeness (QED) is 0.849.